The van der Waals surface area contributed by atoms with Gasteiger partial charge in [0.05, 0.1) is 5.84 Å². The number of piperidine rings is 1. The summed E-state index contributed by atoms with van der Waals surface area (Å²) in [5, 5.41) is 10.8. The van der Waals surface area contributed by atoms with Crippen molar-refractivity contribution in [1.82, 2.24) is 5.32 Å². The van der Waals surface area contributed by atoms with Gasteiger partial charge in [0.2, 0.25) is 0 Å². The number of nitrogens with one attached hydrogen (secondary N) is 2. The van der Waals surface area contributed by atoms with Crippen molar-refractivity contribution in [2.24, 2.45) is 5.92 Å². The number of hydrogen-bond acceptors (Lipinski definition) is 1. The molecule has 0 aromatic rings. The fourth-order valence-electron chi connectivity index (χ4n) is 2.37. The monoisotopic (exact) mass is 152 g/mol. The predicted octanol–water partition coefficient (Wildman–Crippen LogP) is 1.91. The van der Waals surface area contributed by atoms with Crippen LogP contribution in [-0.4, -0.2) is 11.9 Å². The summed E-state index contributed by atoms with van der Waals surface area (Å²) in [7, 11) is 0. The zero-order valence-corrected chi connectivity index (χ0v) is 6.90. The van der Waals surface area contributed by atoms with E-state index in [0.717, 1.165) is 18.2 Å². The fourth-order valence-corrected chi connectivity index (χ4v) is 2.37. The van der Waals surface area contributed by atoms with Crippen LogP contribution in [0.15, 0.2) is 0 Å². The Kier molecular flexibility index (Phi) is 1.84. The van der Waals surface area contributed by atoms with Gasteiger partial charge in [-0.1, -0.05) is 12.8 Å². The van der Waals surface area contributed by atoms with Crippen LogP contribution < -0.4 is 5.32 Å². The first-order valence-electron chi connectivity index (χ1n) is 4.70. The van der Waals surface area contributed by atoms with E-state index < -0.39 is 0 Å². The smallest absolute Gasteiger partial charge is 0.0933 e. The lowest BCUT2D eigenvalue weighted by molar-refractivity contribution is 0.257. The minimum Gasteiger partial charge on any atom is -0.371 e. The van der Waals surface area contributed by atoms with E-state index in [1.54, 1.807) is 0 Å². The Labute approximate surface area is 67.9 Å². The molecule has 1 heterocycles. The highest BCUT2D eigenvalue weighted by molar-refractivity contribution is 5.80. The molecule has 2 aliphatic rings. The van der Waals surface area contributed by atoms with Crippen LogP contribution in [0, 0.1) is 11.3 Å². The minimum atomic E-state index is 0.657. The number of amidine groups is 1. The van der Waals surface area contributed by atoms with Gasteiger partial charge in [0.15, 0.2) is 0 Å². The molecule has 2 fully saturated rings. The molecule has 0 amide bonds. The molecule has 0 bridgehead atoms. The maximum absolute atomic E-state index is 7.50. The van der Waals surface area contributed by atoms with Crippen LogP contribution in [-0.2, 0) is 0 Å². The number of hydrogen-bond donors (Lipinski definition) is 2. The Bertz CT molecular complexity index is 165. The van der Waals surface area contributed by atoms with Gasteiger partial charge in [-0.15, -0.1) is 0 Å². The van der Waals surface area contributed by atoms with Crippen LogP contribution in [0.5, 0.6) is 0 Å². The topological polar surface area (TPSA) is 35.9 Å². The molecule has 62 valence electrons. The highest BCUT2D eigenvalue weighted by Gasteiger charge is 2.28. The third-order valence-corrected chi connectivity index (χ3v) is 3.03. The summed E-state index contributed by atoms with van der Waals surface area (Å²) in [6.45, 7) is 0. The largest absolute Gasteiger partial charge is 0.371 e. The fraction of sp³-hybridized carbons (Fsp3) is 0.889. The van der Waals surface area contributed by atoms with Crippen LogP contribution in [0.4, 0.5) is 0 Å². The number of fused-ring (bicyclic) bond motifs is 1. The first-order valence-corrected chi connectivity index (χ1v) is 4.70. The summed E-state index contributed by atoms with van der Waals surface area (Å²) in [5.41, 5.74) is 0. The molecule has 1 saturated heterocycles. The molecule has 2 rings (SSSR count). The van der Waals surface area contributed by atoms with Crippen molar-refractivity contribution in [3.63, 3.8) is 0 Å². The van der Waals surface area contributed by atoms with Crippen molar-refractivity contribution in [2.45, 2.75) is 44.6 Å². The molecular formula is C9H16N2. The van der Waals surface area contributed by atoms with Gasteiger partial charge in [0, 0.05) is 12.5 Å². The van der Waals surface area contributed by atoms with E-state index in [-0.39, 0.29) is 0 Å². The van der Waals surface area contributed by atoms with Gasteiger partial charge in [0.1, 0.15) is 0 Å². The van der Waals surface area contributed by atoms with E-state index in [1.165, 1.54) is 32.1 Å². The molecule has 1 saturated carbocycles. The second-order valence-electron chi connectivity index (χ2n) is 3.81. The summed E-state index contributed by atoms with van der Waals surface area (Å²) in [6.07, 6.45) is 7.72. The highest BCUT2D eigenvalue weighted by atomic mass is 15.0. The second kappa shape index (κ2) is 2.84. The van der Waals surface area contributed by atoms with Crippen LogP contribution in [0.3, 0.4) is 0 Å². The van der Waals surface area contributed by atoms with Crippen molar-refractivity contribution < 1.29 is 0 Å². The average Bonchev–Trinajstić information content (AvgIpc) is 2.04. The molecule has 2 heteroatoms. The molecule has 2 atom stereocenters. The van der Waals surface area contributed by atoms with Gasteiger partial charge >= 0.3 is 0 Å². The van der Waals surface area contributed by atoms with Crippen LogP contribution in [0.1, 0.15) is 38.5 Å². The molecule has 0 aromatic carbocycles. The summed E-state index contributed by atoms with van der Waals surface area (Å²) in [6, 6.07) is 0.657. The minimum absolute atomic E-state index is 0.657. The van der Waals surface area contributed by atoms with Crippen molar-refractivity contribution in [1.29, 1.82) is 5.41 Å². The summed E-state index contributed by atoms with van der Waals surface area (Å²) in [5.74, 6) is 1.66. The lowest BCUT2D eigenvalue weighted by Crippen LogP contribution is -2.45. The first kappa shape index (κ1) is 7.14. The van der Waals surface area contributed by atoms with Crippen LogP contribution in [0.2, 0.25) is 0 Å². The molecule has 2 unspecified atom stereocenters. The van der Waals surface area contributed by atoms with E-state index >= 15 is 0 Å². The Morgan fingerprint density at radius 3 is 2.91 bits per heavy atom. The van der Waals surface area contributed by atoms with E-state index in [9.17, 15) is 0 Å². The lowest BCUT2D eigenvalue weighted by atomic mass is 9.79. The van der Waals surface area contributed by atoms with Crippen molar-refractivity contribution >= 4 is 5.84 Å². The Balaban J connectivity index is 1.98. The second-order valence-corrected chi connectivity index (χ2v) is 3.81. The number of rotatable bonds is 0. The van der Waals surface area contributed by atoms with E-state index in [0.29, 0.717) is 6.04 Å². The molecule has 0 spiro atoms. The van der Waals surface area contributed by atoms with Crippen molar-refractivity contribution in [2.75, 3.05) is 0 Å². The van der Waals surface area contributed by atoms with Gasteiger partial charge in [-0.05, 0) is 25.2 Å². The van der Waals surface area contributed by atoms with E-state index in [4.69, 9.17) is 5.41 Å². The summed E-state index contributed by atoms with van der Waals surface area (Å²) in [4.78, 5) is 0. The molecule has 0 radical (unpaired) electrons. The average molecular weight is 152 g/mol. The van der Waals surface area contributed by atoms with Crippen LogP contribution in [0.25, 0.3) is 0 Å². The van der Waals surface area contributed by atoms with Gasteiger partial charge < -0.3 is 5.32 Å². The van der Waals surface area contributed by atoms with Gasteiger partial charge in [-0.2, -0.15) is 0 Å². The third-order valence-electron chi connectivity index (χ3n) is 3.03. The van der Waals surface area contributed by atoms with Crippen molar-refractivity contribution in [3.05, 3.63) is 0 Å². The van der Waals surface area contributed by atoms with Crippen molar-refractivity contribution in [3.8, 4) is 0 Å². The summed E-state index contributed by atoms with van der Waals surface area (Å²) >= 11 is 0. The SMILES string of the molecule is N=C1CCC2CCCCC2N1. The molecule has 2 N–H and O–H groups in total. The Morgan fingerprint density at radius 1 is 1.18 bits per heavy atom. The maximum Gasteiger partial charge on any atom is 0.0933 e. The maximum atomic E-state index is 7.50. The zero-order valence-electron chi connectivity index (χ0n) is 6.90. The lowest BCUT2D eigenvalue weighted by Gasteiger charge is -2.36. The van der Waals surface area contributed by atoms with Gasteiger partial charge in [-0.25, -0.2) is 0 Å². The molecule has 1 aliphatic heterocycles. The molecular weight excluding hydrogens is 136 g/mol. The molecule has 2 nitrogen and oxygen atoms in total. The summed E-state index contributed by atoms with van der Waals surface area (Å²) < 4.78 is 0. The Hall–Kier alpha value is -0.530. The van der Waals surface area contributed by atoms with E-state index in [2.05, 4.69) is 5.32 Å². The van der Waals surface area contributed by atoms with Gasteiger partial charge in [-0.3, -0.25) is 5.41 Å². The predicted molar refractivity (Wildman–Crippen MR) is 45.8 cm³/mol. The molecule has 1 aliphatic carbocycles. The van der Waals surface area contributed by atoms with Crippen LogP contribution >= 0.6 is 0 Å². The molecule has 11 heavy (non-hydrogen) atoms. The third kappa shape index (κ3) is 1.39. The quantitative estimate of drug-likeness (QED) is 0.546. The highest BCUT2D eigenvalue weighted by Crippen LogP contribution is 2.30. The first-order chi connectivity index (χ1) is 5.36. The normalized spacial score (nSPS) is 37.6. The van der Waals surface area contributed by atoms with Gasteiger partial charge in [0.25, 0.3) is 0 Å². The zero-order chi connectivity index (χ0) is 7.68. The standard InChI is InChI=1S/C9H16N2/c10-9-6-5-7-3-1-2-4-8(7)11-9/h7-8H,1-6H2,(H2,10,11). The molecule has 0 aromatic heterocycles. The van der Waals surface area contributed by atoms with E-state index in [1.807, 2.05) is 0 Å². The Morgan fingerprint density at radius 2 is 2.00 bits per heavy atom.